The molecule has 0 spiro atoms. The van der Waals surface area contributed by atoms with E-state index in [2.05, 4.69) is 31.6 Å². The molecule has 0 aliphatic carbocycles. The lowest BCUT2D eigenvalue weighted by atomic mass is 10.2. The van der Waals surface area contributed by atoms with Gasteiger partial charge in [0, 0.05) is 11.0 Å². The van der Waals surface area contributed by atoms with E-state index in [0.717, 1.165) is 15.6 Å². The largest absolute Gasteiger partial charge is 0.493 e. The van der Waals surface area contributed by atoms with Crippen molar-refractivity contribution in [2.45, 2.75) is 13.1 Å². The first kappa shape index (κ1) is 19.7. The summed E-state index contributed by atoms with van der Waals surface area (Å²) < 4.78 is 12.9. The molecule has 3 N–H and O–H groups in total. The minimum atomic E-state index is -0.396. The van der Waals surface area contributed by atoms with Gasteiger partial charge in [0.2, 0.25) is 0 Å². The third-order valence-corrected chi connectivity index (χ3v) is 4.60. The van der Waals surface area contributed by atoms with E-state index in [1.54, 1.807) is 26.4 Å². The van der Waals surface area contributed by atoms with Gasteiger partial charge in [-0.3, -0.25) is 4.79 Å². The van der Waals surface area contributed by atoms with Crippen LogP contribution in [0.1, 0.15) is 21.6 Å². The molecule has 8 nitrogen and oxygen atoms in total. The number of carbonyl (C=O) groups excluding carboxylic acids is 1. The minimum Gasteiger partial charge on any atom is -0.493 e. The smallest absolute Gasteiger partial charge is 0.275 e. The summed E-state index contributed by atoms with van der Waals surface area (Å²) in [5.74, 6) is 1.03. The average Bonchev–Trinajstić information content (AvgIpc) is 3.06. The van der Waals surface area contributed by atoms with Gasteiger partial charge in [0.05, 0.1) is 20.8 Å². The molecule has 0 unspecified atom stereocenters. The van der Waals surface area contributed by atoms with Crippen LogP contribution in [0.5, 0.6) is 11.5 Å². The number of aromatic nitrogens is 3. The lowest BCUT2D eigenvalue weighted by Gasteiger charge is -2.10. The molecule has 0 radical (unpaired) electrons. The number of hydrogen-bond acceptors (Lipinski definition) is 6. The van der Waals surface area contributed by atoms with Crippen molar-refractivity contribution >= 4 is 27.7 Å². The molecule has 2 aromatic carbocycles. The summed E-state index contributed by atoms with van der Waals surface area (Å²) in [5.41, 5.74) is 8.01. The Hall–Kier alpha value is -3.07. The van der Waals surface area contributed by atoms with Gasteiger partial charge in [0.25, 0.3) is 5.91 Å². The number of amides is 1. The Morgan fingerprint density at radius 1 is 1.14 bits per heavy atom. The van der Waals surface area contributed by atoms with Crippen molar-refractivity contribution in [2.75, 3.05) is 20.0 Å². The maximum Gasteiger partial charge on any atom is 0.275 e. The number of nitrogen functional groups attached to an aromatic ring is 1. The van der Waals surface area contributed by atoms with Gasteiger partial charge in [-0.05, 0) is 35.4 Å². The number of halogens is 1. The maximum atomic E-state index is 12.5. The summed E-state index contributed by atoms with van der Waals surface area (Å²) in [4.78, 5) is 12.5. The molecule has 3 aromatic rings. The number of ether oxygens (including phenoxy) is 2. The second kappa shape index (κ2) is 8.75. The molecule has 0 saturated heterocycles. The fraction of sp³-hybridized carbons (Fsp3) is 0.211. The van der Waals surface area contributed by atoms with Crippen LogP contribution in [-0.2, 0) is 13.1 Å². The number of nitrogens with two attached hydrogens (primary N) is 1. The average molecular weight is 446 g/mol. The molecule has 1 amide bonds. The van der Waals surface area contributed by atoms with Gasteiger partial charge in [0.15, 0.2) is 23.0 Å². The Balaban J connectivity index is 1.67. The third-order valence-electron chi connectivity index (χ3n) is 4.11. The number of rotatable bonds is 7. The predicted octanol–water partition coefficient (Wildman–Crippen LogP) is 2.62. The van der Waals surface area contributed by atoms with Gasteiger partial charge >= 0.3 is 0 Å². The first-order valence-corrected chi connectivity index (χ1v) is 9.23. The molecule has 0 aliphatic rings. The van der Waals surface area contributed by atoms with Crippen molar-refractivity contribution in [3.05, 3.63) is 63.8 Å². The lowest BCUT2D eigenvalue weighted by molar-refractivity contribution is 0.0946. The summed E-state index contributed by atoms with van der Waals surface area (Å²) in [7, 11) is 3.13. The summed E-state index contributed by atoms with van der Waals surface area (Å²) in [5, 5.41) is 10.7. The number of benzene rings is 2. The van der Waals surface area contributed by atoms with Crippen LogP contribution >= 0.6 is 15.9 Å². The van der Waals surface area contributed by atoms with E-state index in [-0.39, 0.29) is 18.1 Å². The zero-order chi connectivity index (χ0) is 20.1. The first-order valence-electron chi connectivity index (χ1n) is 8.44. The van der Waals surface area contributed by atoms with E-state index in [1.807, 2.05) is 30.3 Å². The van der Waals surface area contributed by atoms with Crippen LogP contribution in [0.15, 0.2) is 46.9 Å². The van der Waals surface area contributed by atoms with Gasteiger partial charge in [-0.15, -0.1) is 5.10 Å². The summed E-state index contributed by atoms with van der Waals surface area (Å²) in [6.07, 6.45) is 0. The normalized spacial score (nSPS) is 10.5. The molecule has 28 heavy (non-hydrogen) atoms. The lowest BCUT2D eigenvalue weighted by Crippen LogP contribution is -2.24. The first-order chi connectivity index (χ1) is 13.5. The topological polar surface area (TPSA) is 104 Å². The summed E-state index contributed by atoms with van der Waals surface area (Å²) >= 11 is 3.43. The van der Waals surface area contributed by atoms with Crippen molar-refractivity contribution in [2.24, 2.45) is 0 Å². The second-order valence-corrected chi connectivity index (χ2v) is 6.90. The Morgan fingerprint density at radius 3 is 2.64 bits per heavy atom. The fourth-order valence-corrected chi connectivity index (χ4v) is 3.11. The van der Waals surface area contributed by atoms with E-state index in [0.29, 0.717) is 18.0 Å². The number of methoxy groups -OCH3 is 2. The minimum absolute atomic E-state index is 0.0930. The molecular weight excluding hydrogens is 426 g/mol. The number of anilines is 1. The van der Waals surface area contributed by atoms with Crippen molar-refractivity contribution in [3.63, 3.8) is 0 Å². The van der Waals surface area contributed by atoms with Crippen LogP contribution < -0.4 is 20.5 Å². The summed E-state index contributed by atoms with van der Waals surface area (Å²) in [6.45, 7) is 0.707. The number of hydrogen-bond donors (Lipinski definition) is 2. The molecule has 0 fully saturated rings. The highest BCUT2D eigenvalue weighted by molar-refractivity contribution is 9.10. The standard InChI is InChI=1S/C19H20BrN5O3/c1-27-15-7-6-12(9-16(15)28-2)10-22-19(26)17-18(21)25(24-23-17)11-13-4-3-5-14(20)8-13/h3-9H,10-11,21H2,1-2H3,(H,22,26). The van der Waals surface area contributed by atoms with Gasteiger partial charge in [0.1, 0.15) is 0 Å². The van der Waals surface area contributed by atoms with E-state index >= 15 is 0 Å². The molecule has 1 aromatic heterocycles. The number of carbonyl (C=O) groups is 1. The molecule has 1 heterocycles. The van der Waals surface area contributed by atoms with Crippen LogP contribution in [0.3, 0.4) is 0 Å². The van der Waals surface area contributed by atoms with Crippen LogP contribution in [-0.4, -0.2) is 35.1 Å². The van der Waals surface area contributed by atoms with E-state index in [1.165, 1.54) is 4.68 Å². The molecule has 3 rings (SSSR count). The fourth-order valence-electron chi connectivity index (χ4n) is 2.66. The zero-order valence-corrected chi connectivity index (χ0v) is 17.1. The van der Waals surface area contributed by atoms with Crippen LogP contribution in [0.2, 0.25) is 0 Å². The number of nitrogens with one attached hydrogen (secondary N) is 1. The predicted molar refractivity (Wildman–Crippen MR) is 108 cm³/mol. The summed E-state index contributed by atoms with van der Waals surface area (Å²) in [6, 6.07) is 13.2. The molecule has 9 heteroatoms. The Kier molecular flexibility index (Phi) is 6.15. The molecule has 0 saturated carbocycles. The molecule has 146 valence electrons. The Bertz CT molecular complexity index is 989. The Morgan fingerprint density at radius 2 is 1.93 bits per heavy atom. The highest BCUT2D eigenvalue weighted by Gasteiger charge is 2.17. The van der Waals surface area contributed by atoms with Gasteiger partial charge in [-0.1, -0.05) is 39.3 Å². The second-order valence-electron chi connectivity index (χ2n) is 5.98. The van der Waals surface area contributed by atoms with Crippen molar-refractivity contribution in [1.29, 1.82) is 0 Å². The SMILES string of the molecule is COc1ccc(CNC(=O)c2nnn(Cc3cccc(Br)c3)c2N)cc1OC. The van der Waals surface area contributed by atoms with Gasteiger partial charge in [-0.2, -0.15) is 0 Å². The highest BCUT2D eigenvalue weighted by atomic mass is 79.9. The highest BCUT2D eigenvalue weighted by Crippen LogP contribution is 2.27. The van der Waals surface area contributed by atoms with Gasteiger partial charge in [-0.25, -0.2) is 4.68 Å². The molecule has 0 bridgehead atoms. The number of nitrogens with zero attached hydrogens (tertiary/aromatic N) is 3. The zero-order valence-electron chi connectivity index (χ0n) is 15.5. The van der Waals surface area contributed by atoms with Gasteiger partial charge < -0.3 is 20.5 Å². The quantitative estimate of drug-likeness (QED) is 0.578. The van der Waals surface area contributed by atoms with E-state index in [9.17, 15) is 4.79 Å². The van der Waals surface area contributed by atoms with Crippen molar-refractivity contribution in [3.8, 4) is 11.5 Å². The monoisotopic (exact) mass is 445 g/mol. The molecule has 0 atom stereocenters. The van der Waals surface area contributed by atoms with E-state index < -0.39 is 5.91 Å². The van der Waals surface area contributed by atoms with E-state index in [4.69, 9.17) is 15.2 Å². The van der Waals surface area contributed by atoms with Crippen LogP contribution in [0.25, 0.3) is 0 Å². The van der Waals surface area contributed by atoms with Crippen LogP contribution in [0.4, 0.5) is 5.82 Å². The molecule has 0 aliphatic heterocycles. The van der Waals surface area contributed by atoms with Crippen molar-refractivity contribution in [1.82, 2.24) is 20.3 Å². The Labute approximate surface area is 170 Å². The third kappa shape index (κ3) is 4.42. The van der Waals surface area contributed by atoms with Crippen LogP contribution in [0, 0.1) is 0 Å². The van der Waals surface area contributed by atoms with Crippen molar-refractivity contribution < 1.29 is 14.3 Å². The molecular formula is C19H20BrN5O3. The maximum absolute atomic E-state index is 12.5.